The summed E-state index contributed by atoms with van der Waals surface area (Å²) in [5.41, 5.74) is 2.26. The first-order valence-electron chi connectivity index (χ1n) is 10.4. The molecule has 0 aromatic heterocycles. The molecule has 2 saturated heterocycles. The molecule has 2 aromatic rings. The monoisotopic (exact) mass is 467 g/mol. The molecule has 0 unspecified atom stereocenters. The van der Waals surface area contributed by atoms with E-state index in [1.54, 1.807) is 23.1 Å². The van der Waals surface area contributed by atoms with Crippen LogP contribution in [-0.2, 0) is 4.79 Å². The van der Waals surface area contributed by atoms with Crippen molar-refractivity contribution in [3.63, 3.8) is 0 Å². The number of non-ortho nitro benzene ring substituents is 1. The van der Waals surface area contributed by atoms with Crippen molar-refractivity contribution >= 4 is 40.7 Å². The van der Waals surface area contributed by atoms with Crippen molar-refractivity contribution in [1.82, 2.24) is 15.1 Å². The summed E-state index contributed by atoms with van der Waals surface area (Å²) in [4.78, 5) is 29.3. The molecule has 11 heteroatoms. The number of ether oxygens (including phenoxy) is 2. The fourth-order valence-electron chi connectivity index (χ4n) is 4.00. The Kier molecular flexibility index (Phi) is 5.56. The summed E-state index contributed by atoms with van der Waals surface area (Å²) in [6.45, 7) is 3.58. The molecule has 5 rings (SSSR count). The van der Waals surface area contributed by atoms with Crippen LogP contribution in [0.3, 0.4) is 0 Å². The van der Waals surface area contributed by atoms with E-state index in [2.05, 4.69) is 15.1 Å². The summed E-state index contributed by atoms with van der Waals surface area (Å²) in [6, 6.07) is 12.1. The van der Waals surface area contributed by atoms with Crippen LogP contribution in [0.25, 0.3) is 6.08 Å². The number of rotatable bonds is 5. The maximum Gasteiger partial charge on any atom is 0.277 e. The highest BCUT2D eigenvalue weighted by Gasteiger charge is 2.32. The minimum absolute atomic E-state index is 0.0792. The van der Waals surface area contributed by atoms with Gasteiger partial charge in [-0.2, -0.15) is 0 Å². The quantitative estimate of drug-likeness (QED) is 0.307. The second-order valence-electron chi connectivity index (χ2n) is 7.85. The summed E-state index contributed by atoms with van der Waals surface area (Å²) < 4.78 is 10.7. The van der Waals surface area contributed by atoms with Crippen molar-refractivity contribution in [2.24, 2.45) is 0 Å². The lowest BCUT2D eigenvalue weighted by Crippen LogP contribution is -2.51. The summed E-state index contributed by atoms with van der Waals surface area (Å²) in [6.07, 6.45) is 1.75. The number of nitrogens with one attached hydrogen (secondary N) is 1. The number of piperazine rings is 1. The number of nitro benzene ring substituents is 1. The number of fused-ring (bicyclic) bond motifs is 1. The number of nitrogens with zero attached hydrogens (tertiary/aromatic N) is 4. The lowest BCUT2D eigenvalue weighted by molar-refractivity contribution is -0.384. The Morgan fingerprint density at radius 2 is 1.79 bits per heavy atom. The fraction of sp³-hybridized carbons (Fsp3) is 0.273. The van der Waals surface area contributed by atoms with Crippen LogP contribution in [0.1, 0.15) is 5.56 Å². The number of nitro groups is 1. The molecule has 1 N–H and O–H groups in total. The third kappa shape index (κ3) is 4.32. The van der Waals surface area contributed by atoms with Crippen LogP contribution in [-0.4, -0.2) is 65.4 Å². The SMILES string of the molecule is O=C1/C(=C\c2ccc3c(c2)OCO3)NC(=S)N1CN1CCN(c2ccc([N+](=O)[O-])cc2)CC1. The van der Waals surface area contributed by atoms with E-state index in [0.29, 0.717) is 29.0 Å². The molecule has 3 aliphatic heterocycles. The Bertz CT molecular complexity index is 1140. The first-order valence-corrected chi connectivity index (χ1v) is 10.8. The summed E-state index contributed by atoms with van der Waals surface area (Å²) in [5.74, 6) is 1.17. The van der Waals surface area contributed by atoms with Crippen molar-refractivity contribution in [3.05, 3.63) is 63.8 Å². The van der Waals surface area contributed by atoms with Crippen LogP contribution < -0.4 is 19.7 Å². The van der Waals surface area contributed by atoms with E-state index < -0.39 is 4.92 Å². The van der Waals surface area contributed by atoms with Gasteiger partial charge in [-0.15, -0.1) is 0 Å². The minimum atomic E-state index is -0.402. The van der Waals surface area contributed by atoms with Gasteiger partial charge in [0.2, 0.25) is 6.79 Å². The van der Waals surface area contributed by atoms with Crippen LogP contribution in [0.15, 0.2) is 48.2 Å². The molecule has 3 aliphatic rings. The normalized spacial score (nSPS) is 19.3. The van der Waals surface area contributed by atoms with Crippen molar-refractivity contribution in [3.8, 4) is 11.5 Å². The third-order valence-electron chi connectivity index (χ3n) is 5.81. The van der Waals surface area contributed by atoms with Gasteiger partial charge in [-0.25, -0.2) is 0 Å². The topological polar surface area (TPSA) is 100 Å². The van der Waals surface area contributed by atoms with Crippen LogP contribution >= 0.6 is 12.2 Å². The van der Waals surface area contributed by atoms with Gasteiger partial charge < -0.3 is 19.7 Å². The van der Waals surface area contributed by atoms with E-state index in [-0.39, 0.29) is 18.4 Å². The van der Waals surface area contributed by atoms with Gasteiger partial charge in [-0.1, -0.05) is 6.07 Å². The van der Waals surface area contributed by atoms with E-state index in [0.717, 1.165) is 37.4 Å². The zero-order chi connectivity index (χ0) is 22.9. The number of carbonyl (C=O) groups is 1. The Labute approximate surface area is 195 Å². The van der Waals surface area contributed by atoms with Crippen LogP contribution in [0.2, 0.25) is 0 Å². The number of anilines is 1. The summed E-state index contributed by atoms with van der Waals surface area (Å²) in [7, 11) is 0. The Morgan fingerprint density at radius 3 is 2.52 bits per heavy atom. The highest BCUT2D eigenvalue weighted by atomic mass is 32.1. The molecule has 1 amide bonds. The average Bonchev–Trinajstić information content (AvgIpc) is 3.39. The van der Waals surface area contributed by atoms with Crippen LogP contribution in [0, 0.1) is 10.1 Å². The highest BCUT2D eigenvalue weighted by molar-refractivity contribution is 7.80. The van der Waals surface area contributed by atoms with E-state index in [4.69, 9.17) is 21.7 Å². The van der Waals surface area contributed by atoms with Crippen molar-refractivity contribution < 1.29 is 19.2 Å². The molecule has 10 nitrogen and oxygen atoms in total. The lowest BCUT2D eigenvalue weighted by Gasteiger charge is -2.37. The Balaban J connectivity index is 1.19. The first kappa shape index (κ1) is 21.2. The van der Waals surface area contributed by atoms with Crippen molar-refractivity contribution in [1.29, 1.82) is 0 Å². The standard InChI is InChI=1S/C22H21N5O5S/c28-21-18(11-15-1-6-19-20(12-15)32-14-31-19)23-22(33)26(21)13-24-7-9-25(10-8-24)16-2-4-17(5-3-16)27(29)30/h1-6,11-12H,7-10,13-14H2,(H,23,33)/b18-11+. The largest absolute Gasteiger partial charge is 0.454 e. The zero-order valence-electron chi connectivity index (χ0n) is 17.6. The molecular formula is C22H21N5O5S. The van der Waals surface area contributed by atoms with Gasteiger partial charge in [0.1, 0.15) is 5.70 Å². The average molecular weight is 468 g/mol. The molecule has 2 fully saturated rings. The van der Waals surface area contributed by atoms with Gasteiger partial charge >= 0.3 is 0 Å². The fourth-order valence-corrected chi connectivity index (χ4v) is 4.25. The van der Waals surface area contributed by atoms with E-state index >= 15 is 0 Å². The zero-order valence-corrected chi connectivity index (χ0v) is 18.4. The van der Waals surface area contributed by atoms with Gasteiger partial charge in [0.05, 0.1) is 11.6 Å². The predicted molar refractivity (Wildman–Crippen MR) is 125 cm³/mol. The molecule has 3 heterocycles. The lowest BCUT2D eigenvalue weighted by atomic mass is 10.1. The van der Waals surface area contributed by atoms with Gasteiger partial charge in [0.15, 0.2) is 16.6 Å². The molecule has 0 radical (unpaired) electrons. The Hall–Kier alpha value is -3.70. The number of thiocarbonyl (C=S) groups is 1. The molecule has 0 saturated carbocycles. The summed E-state index contributed by atoms with van der Waals surface area (Å²) >= 11 is 5.41. The Morgan fingerprint density at radius 1 is 1.06 bits per heavy atom. The third-order valence-corrected chi connectivity index (χ3v) is 6.13. The summed E-state index contributed by atoms with van der Waals surface area (Å²) in [5, 5.41) is 14.2. The first-order chi connectivity index (χ1) is 16.0. The maximum absolute atomic E-state index is 13.0. The van der Waals surface area contributed by atoms with Gasteiger partial charge in [-0.3, -0.25) is 24.7 Å². The number of carbonyl (C=O) groups excluding carboxylic acids is 1. The van der Waals surface area contributed by atoms with Crippen LogP contribution in [0.5, 0.6) is 11.5 Å². The molecule has 0 aliphatic carbocycles. The minimum Gasteiger partial charge on any atom is -0.454 e. The van der Waals surface area contributed by atoms with Crippen molar-refractivity contribution in [2.45, 2.75) is 0 Å². The van der Waals surface area contributed by atoms with Gasteiger partial charge in [-0.05, 0) is 48.1 Å². The predicted octanol–water partition coefficient (Wildman–Crippen LogP) is 2.16. The van der Waals surface area contributed by atoms with Gasteiger partial charge in [0, 0.05) is 44.0 Å². The second-order valence-corrected chi connectivity index (χ2v) is 8.24. The molecular weight excluding hydrogens is 446 g/mol. The molecule has 0 atom stereocenters. The number of hydrogen-bond acceptors (Lipinski definition) is 8. The number of benzene rings is 2. The number of amides is 1. The van der Waals surface area contributed by atoms with Gasteiger partial charge in [0.25, 0.3) is 11.6 Å². The second kappa shape index (κ2) is 8.68. The highest BCUT2D eigenvalue weighted by Crippen LogP contribution is 2.33. The molecule has 2 aromatic carbocycles. The molecule has 170 valence electrons. The smallest absolute Gasteiger partial charge is 0.277 e. The number of hydrogen-bond donors (Lipinski definition) is 1. The van der Waals surface area contributed by atoms with Crippen LogP contribution in [0.4, 0.5) is 11.4 Å². The van der Waals surface area contributed by atoms with E-state index in [1.165, 1.54) is 12.1 Å². The molecule has 0 bridgehead atoms. The van der Waals surface area contributed by atoms with E-state index in [1.807, 2.05) is 18.2 Å². The molecule has 0 spiro atoms. The van der Waals surface area contributed by atoms with Crippen molar-refractivity contribution in [2.75, 3.05) is 44.5 Å². The van der Waals surface area contributed by atoms with E-state index in [9.17, 15) is 14.9 Å². The maximum atomic E-state index is 13.0. The molecule has 33 heavy (non-hydrogen) atoms.